The van der Waals surface area contributed by atoms with E-state index in [1.807, 2.05) is 30.3 Å². The predicted octanol–water partition coefficient (Wildman–Crippen LogP) is 2.26. The lowest BCUT2D eigenvalue weighted by Crippen LogP contribution is -2.42. The summed E-state index contributed by atoms with van der Waals surface area (Å²) in [5.41, 5.74) is 1.69. The number of nitrogens with one attached hydrogen (secondary N) is 1. The highest BCUT2D eigenvalue weighted by molar-refractivity contribution is 5.88. The third kappa shape index (κ3) is 4.84. The summed E-state index contributed by atoms with van der Waals surface area (Å²) in [6.45, 7) is 1.47. The standard InChI is InChI=1S/C19H21NO4/c1-13(21)16(10-14-6-4-3-5-7-14)20-19(23)12-15-8-9-17(22)18(11-15)24-2/h3-9,11,16,22H,10,12H2,1-2H3,(H,20,23)/t16-/m0/s1. The third-order valence-electron chi connectivity index (χ3n) is 3.72. The number of hydrogen-bond donors (Lipinski definition) is 2. The van der Waals surface area contributed by atoms with Gasteiger partial charge in [-0.1, -0.05) is 36.4 Å². The molecule has 0 unspecified atom stereocenters. The van der Waals surface area contributed by atoms with Gasteiger partial charge in [-0.3, -0.25) is 9.59 Å². The van der Waals surface area contributed by atoms with E-state index < -0.39 is 6.04 Å². The summed E-state index contributed by atoms with van der Waals surface area (Å²) in [7, 11) is 1.45. The number of benzene rings is 2. The average Bonchev–Trinajstić information content (AvgIpc) is 2.57. The number of Topliss-reactive ketones (excluding diaryl/α,β-unsaturated/α-hetero) is 1. The fourth-order valence-electron chi connectivity index (χ4n) is 2.41. The minimum atomic E-state index is -0.557. The van der Waals surface area contributed by atoms with Gasteiger partial charge in [0.05, 0.1) is 19.6 Å². The van der Waals surface area contributed by atoms with Gasteiger partial charge in [0.25, 0.3) is 0 Å². The molecule has 0 aliphatic carbocycles. The monoisotopic (exact) mass is 327 g/mol. The average molecular weight is 327 g/mol. The Labute approximate surface area is 141 Å². The van der Waals surface area contributed by atoms with Gasteiger partial charge in [0.15, 0.2) is 17.3 Å². The summed E-state index contributed by atoms with van der Waals surface area (Å²) in [6, 6.07) is 13.7. The van der Waals surface area contributed by atoms with E-state index in [4.69, 9.17) is 4.74 Å². The number of carbonyl (C=O) groups is 2. The number of ketones is 1. The molecular weight excluding hydrogens is 306 g/mol. The maximum absolute atomic E-state index is 12.2. The van der Waals surface area contributed by atoms with E-state index in [1.54, 1.807) is 12.1 Å². The first kappa shape index (κ1) is 17.5. The van der Waals surface area contributed by atoms with Crippen molar-refractivity contribution in [1.29, 1.82) is 0 Å². The molecule has 0 aromatic heterocycles. The number of carbonyl (C=O) groups excluding carboxylic acids is 2. The highest BCUT2D eigenvalue weighted by Gasteiger charge is 2.18. The van der Waals surface area contributed by atoms with Crippen LogP contribution in [0.5, 0.6) is 11.5 Å². The molecule has 1 atom stereocenters. The second-order valence-corrected chi connectivity index (χ2v) is 5.60. The second-order valence-electron chi connectivity index (χ2n) is 5.60. The van der Waals surface area contributed by atoms with Crippen LogP contribution in [-0.2, 0) is 22.4 Å². The summed E-state index contributed by atoms with van der Waals surface area (Å²) < 4.78 is 5.03. The van der Waals surface area contributed by atoms with Crippen LogP contribution in [0.1, 0.15) is 18.1 Å². The Morgan fingerprint density at radius 1 is 1.12 bits per heavy atom. The number of methoxy groups -OCH3 is 1. The molecule has 0 aliphatic heterocycles. The molecule has 2 aromatic rings. The van der Waals surface area contributed by atoms with Crippen molar-refractivity contribution in [2.75, 3.05) is 7.11 Å². The van der Waals surface area contributed by atoms with Gasteiger partial charge in [0.1, 0.15) is 0 Å². The van der Waals surface area contributed by atoms with Crippen molar-refractivity contribution in [2.45, 2.75) is 25.8 Å². The molecule has 0 spiro atoms. The summed E-state index contributed by atoms with van der Waals surface area (Å²) in [5.74, 6) is -0.00517. The number of hydrogen-bond acceptors (Lipinski definition) is 4. The molecule has 24 heavy (non-hydrogen) atoms. The molecule has 126 valence electrons. The highest BCUT2D eigenvalue weighted by atomic mass is 16.5. The molecule has 2 aromatic carbocycles. The van der Waals surface area contributed by atoms with Gasteiger partial charge in [-0.25, -0.2) is 0 Å². The van der Waals surface area contributed by atoms with Gasteiger partial charge < -0.3 is 15.2 Å². The number of phenols is 1. The van der Waals surface area contributed by atoms with E-state index in [1.165, 1.54) is 20.1 Å². The molecule has 2 rings (SSSR count). The zero-order chi connectivity index (χ0) is 17.5. The molecule has 0 radical (unpaired) electrons. The maximum atomic E-state index is 12.2. The van der Waals surface area contributed by atoms with E-state index >= 15 is 0 Å². The molecule has 0 aliphatic rings. The molecule has 0 bridgehead atoms. The molecule has 0 saturated heterocycles. The maximum Gasteiger partial charge on any atom is 0.225 e. The Bertz CT molecular complexity index is 713. The first-order chi connectivity index (χ1) is 11.5. The Morgan fingerprint density at radius 2 is 1.83 bits per heavy atom. The van der Waals surface area contributed by atoms with Crippen molar-refractivity contribution in [1.82, 2.24) is 5.32 Å². The van der Waals surface area contributed by atoms with Gasteiger partial charge in [-0.15, -0.1) is 0 Å². The van der Waals surface area contributed by atoms with Crippen LogP contribution in [0.4, 0.5) is 0 Å². The second kappa shape index (κ2) is 8.15. The summed E-state index contributed by atoms with van der Waals surface area (Å²) in [5, 5.41) is 12.4. The highest BCUT2D eigenvalue weighted by Crippen LogP contribution is 2.26. The Balaban J connectivity index is 2.01. The van der Waals surface area contributed by atoms with Crippen LogP contribution >= 0.6 is 0 Å². The molecule has 1 amide bonds. The zero-order valence-electron chi connectivity index (χ0n) is 13.8. The van der Waals surface area contributed by atoms with Gasteiger partial charge in [0.2, 0.25) is 5.91 Å². The number of phenolic OH excluding ortho intramolecular Hbond substituents is 1. The smallest absolute Gasteiger partial charge is 0.225 e. The summed E-state index contributed by atoms with van der Waals surface area (Å²) >= 11 is 0. The first-order valence-electron chi connectivity index (χ1n) is 7.69. The van der Waals surface area contributed by atoms with Crippen molar-refractivity contribution in [3.8, 4) is 11.5 Å². The van der Waals surface area contributed by atoms with Crippen LogP contribution in [-0.4, -0.2) is 29.9 Å². The molecular formula is C19H21NO4. The Morgan fingerprint density at radius 3 is 2.46 bits per heavy atom. The normalized spacial score (nSPS) is 11.6. The van der Waals surface area contributed by atoms with Crippen LogP contribution in [0, 0.1) is 0 Å². The fraction of sp³-hybridized carbons (Fsp3) is 0.263. The fourth-order valence-corrected chi connectivity index (χ4v) is 2.41. The topological polar surface area (TPSA) is 75.6 Å². The van der Waals surface area contributed by atoms with Gasteiger partial charge in [-0.2, -0.15) is 0 Å². The minimum Gasteiger partial charge on any atom is -0.504 e. The van der Waals surface area contributed by atoms with Gasteiger partial charge in [0, 0.05) is 0 Å². The first-order valence-corrected chi connectivity index (χ1v) is 7.69. The van der Waals surface area contributed by atoms with E-state index in [0.717, 1.165) is 5.56 Å². The number of ether oxygens (including phenoxy) is 1. The molecule has 2 N–H and O–H groups in total. The predicted molar refractivity (Wildman–Crippen MR) is 91.1 cm³/mol. The van der Waals surface area contributed by atoms with Gasteiger partial charge >= 0.3 is 0 Å². The molecule has 0 fully saturated rings. The molecule has 0 heterocycles. The van der Waals surface area contributed by atoms with Crippen molar-refractivity contribution < 1.29 is 19.4 Å². The molecule has 0 saturated carbocycles. The number of rotatable bonds is 7. The lowest BCUT2D eigenvalue weighted by Gasteiger charge is -2.16. The lowest BCUT2D eigenvalue weighted by molar-refractivity contribution is -0.126. The minimum absolute atomic E-state index is 0.0207. The quantitative estimate of drug-likeness (QED) is 0.818. The van der Waals surface area contributed by atoms with Crippen LogP contribution in [0.2, 0.25) is 0 Å². The molecule has 5 nitrogen and oxygen atoms in total. The summed E-state index contributed by atoms with van der Waals surface area (Å²) in [6.07, 6.45) is 0.565. The van der Waals surface area contributed by atoms with E-state index in [2.05, 4.69) is 5.32 Å². The van der Waals surface area contributed by atoms with Crippen LogP contribution in [0.3, 0.4) is 0 Å². The van der Waals surface area contributed by atoms with Gasteiger partial charge in [-0.05, 0) is 36.6 Å². The van der Waals surface area contributed by atoms with Crippen molar-refractivity contribution in [3.05, 3.63) is 59.7 Å². The Kier molecular flexibility index (Phi) is 5.95. The lowest BCUT2D eigenvalue weighted by atomic mass is 10.0. The van der Waals surface area contributed by atoms with Crippen molar-refractivity contribution in [2.24, 2.45) is 0 Å². The zero-order valence-corrected chi connectivity index (χ0v) is 13.8. The molecule has 5 heteroatoms. The van der Waals surface area contributed by atoms with E-state index in [0.29, 0.717) is 17.7 Å². The number of amides is 1. The van der Waals surface area contributed by atoms with E-state index in [-0.39, 0.29) is 23.9 Å². The van der Waals surface area contributed by atoms with Crippen LogP contribution in [0.25, 0.3) is 0 Å². The largest absolute Gasteiger partial charge is 0.504 e. The Hall–Kier alpha value is -2.82. The van der Waals surface area contributed by atoms with Crippen LogP contribution < -0.4 is 10.1 Å². The summed E-state index contributed by atoms with van der Waals surface area (Å²) in [4.78, 5) is 24.0. The van der Waals surface area contributed by atoms with E-state index in [9.17, 15) is 14.7 Å². The van der Waals surface area contributed by atoms with Crippen molar-refractivity contribution in [3.63, 3.8) is 0 Å². The SMILES string of the molecule is COc1cc(CC(=O)N[C@@H](Cc2ccccc2)C(C)=O)ccc1O. The van der Waals surface area contributed by atoms with Crippen molar-refractivity contribution >= 4 is 11.7 Å². The van der Waals surface area contributed by atoms with Crippen LogP contribution in [0.15, 0.2) is 48.5 Å². The number of aromatic hydroxyl groups is 1. The third-order valence-corrected chi connectivity index (χ3v) is 3.72.